The van der Waals surface area contributed by atoms with E-state index in [4.69, 9.17) is 4.74 Å². The van der Waals surface area contributed by atoms with Gasteiger partial charge in [0.15, 0.2) is 6.61 Å². The summed E-state index contributed by atoms with van der Waals surface area (Å²) in [7, 11) is 0. The van der Waals surface area contributed by atoms with E-state index in [9.17, 15) is 4.79 Å². The summed E-state index contributed by atoms with van der Waals surface area (Å²) in [5.74, 6) is 0.599. The number of ether oxygens (including phenoxy) is 1. The number of carbonyl (C=O) groups is 1. The third kappa shape index (κ3) is 4.37. The van der Waals surface area contributed by atoms with Crippen LogP contribution in [0.3, 0.4) is 0 Å². The first-order valence-electron chi connectivity index (χ1n) is 6.09. The molecule has 1 heterocycles. The third-order valence-corrected chi connectivity index (χ3v) is 3.63. The molecule has 0 spiro atoms. The van der Waals surface area contributed by atoms with Crippen molar-refractivity contribution < 1.29 is 9.53 Å². The number of carbonyl (C=O) groups excluding carboxylic acids is 1. The molecule has 19 heavy (non-hydrogen) atoms. The van der Waals surface area contributed by atoms with Crippen LogP contribution in [0.4, 0.5) is 0 Å². The van der Waals surface area contributed by atoms with E-state index in [0.29, 0.717) is 12.3 Å². The number of nitrogens with one attached hydrogen (secondary N) is 1. The number of hydrogen-bond acceptors (Lipinski definition) is 4. The van der Waals surface area contributed by atoms with Crippen molar-refractivity contribution in [3.05, 3.63) is 46.4 Å². The lowest BCUT2D eigenvalue weighted by Gasteiger charge is -2.07. The van der Waals surface area contributed by atoms with Gasteiger partial charge >= 0.3 is 0 Å². The van der Waals surface area contributed by atoms with E-state index in [1.54, 1.807) is 11.3 Å². The highest BCUT2D eigenvalue weighted by molar-refractivity contribution is 7.09. The predicted molar refractivity (Wildman–Crippen MR) is 75.5 cm³/mol. The fourth-order valence-electron chi connectivity index (χ4n) is 1.60. The Balaban J connectivity index is 1.66. The van der Waals surface area contributed by atoms with Crippen molar-refractivity contribution in [3.63, 3.8) is 0 Å². The highest BCUT2D eigenvalue weighted by atomic mass is 32.1. The molecule has 0 bridgehead atoms. The normalized spacial score (nSPS) is 10.2. The number of benzene rings is 1. The van der Waals surface area contributed by atoms with Gasteiger partial charge in [-0.15, -0.1) is 11.3 Å². The molecule has 0 atom stereocenters. The van der Waals surface area contributed by atoms with Gasteiger partial charge in [-0.1, -0.05) is 18.2 Å². The van der Waals surface area contributed by atoms with Crippen molar-refractivity contribution in [2.75, 3.05) is 13.2 Å². The molecular formula is C14H16N2O2S. The average molecular weight is 276 g/mol. The Morgan fingerprint density at radius 2 is 2.16 bits per heavy atom. The van der Waals surface area contributed by atoms with Crippen LogP contribution in [0.1, 0.15) is 10.6 Å². The molecule has 0 unspecified atom stereocenters. The summed E-state index contributed by atoms with van der Waals surface area (Å²) < 4.78 is 5.36. The van der Waals surface area contributed by atoms with Crippen LogP contribution in [0, 0.1) is 6.92 Å². The van der Waals surface area contributed by atoms with Gasteiger partial charge in [0, 0.05) is 17.8 Å². The van der Waals surface area contributed by atoms with Gasteiger partial charge in [-0.2, -0.15) is 0 Å². The van der Waals surface area contributed by atoms with E-state index in [1.807, 2.05) is 42.8 Å². The molecule has 0 saturated heterocycles. The largest absolute Gasteiger partial charge is 0.484 e. The van der Waals surface area contributed by atoms with Crippen molar-refractivity contribution in [2.24, 2.45) is 0 Å². The molecule has 5 heteroatoms. The minimum Gasteiger partial charge on any atom is -0.484 e. The van der Waals surface area contributed by atoms with E-state index in [-0.39, 0.29) is 12.5 Å². The van der Waals surface area contributed by atoms with Crippen LogP contribution in [-0.4, -0.2) is 24.0 Å². The fourth-order valence-corrected chi connectivity index (χ4v) is 2.38. The molecule has 1 aromatic carbocycles. The van der Waals surface area contributed by atoms with Crippen LogP contribution >= 0.6 is 11.3 Å². The lowest BCUT2D eigenvalue weighted by atomic mass is 10.3. The first kappa shape index (κ1) is 13.5. The van der Waals surface area contributed by atoms with E-state index in [0.717, 1.165) is 12.1 Å². The molecule has 4 nitrogen and oxygen atoms in total. The maximum absolute atomic E-state index is 11.6. The van der Waals surface area contributed by atoms with Gasteiger partial charge in [0.1, 0.15) is 5.75 Å². The number of thiazole rings is 1. The molecule has 1 aromatic heterocycles. The summed E-state index contributed by atoms with van der Waals surface area (Å²) in [4.78, 5) is 17.0. The van der Waals surface area contributed by atoms with Crippen LogP contribution in [0.15, 0.2) is 35.8 Å². The molecule has 0 aliphatic carbocycles. The van der Waals surface area contributed by atoms with E-state index in [2.05, 4.69) is 10.3 Å². The average Bonchev–Trinajstić information content (AvgIpc) is 2.83. The summed E-state index contributed by atoms with van der Waals surface area (Å²) in [6.07, 6.45) is 0.813. The Morgan fingerprint density at radius 3 is 2.84 bits per heavy atom. The summed E-state index contributed by atoms with van der Waals surface area (Å²) in [5.41, 5.74) is 2.87. The highest BCUT2D eigenvalue weighted by Gasteiger charge is 2.04. The number of aryl methyl sites for hydroxylation is 1. The van der Waals surface area contributed by atoms with Crippen molar-refractivity contribution >= 4 is 17.2 Å². The molecule has 2 aromatic rings. The number of rotatable bonds is 6. The molecule has 0 saturated carbocycles. The monoisotopic (exact) mass is 276 g/mol. The second kappa shape index (κ2) is 6.89. The van der Waals surface area contributed by atoms with Gasteiger partial charge in [0.05, 0.1) is 11.2 Å². The van der Waals surface area contributed by atoms with Gasteiger partial charge in [0.2, 0.25) is 0 Å². The summed E-state index contributed by atoms with van der Waals surface area (Å²) in [5, 5.41) is 2.83. The zero-order valence-electron chi connectivity index (χ0n) is 10.8. The smallest absolute Gasteiger partial charge is 0.257 e. The second-order valence-corrected chi connectivity index (χ2v) is 5.00. The van der Waals surface area contributed by atoms with Crippen molar-refractivity contribution in [3.8, 4) is 5.75 Å². The minimum atomic E-state index is -0.106. The van der Waals surface area contributed by atoms with E-state index < -0.39 is 0 Å². The number of hydrogen-bond donors (Lipinski definition) is 1. The Kier molecular flexibility index (Phi) is 4.92. The molecule has 2 rings (SSSR count). The molecule has 0 aliphatic heterocycles. The first-order valence-corrected chi connectivity index (χ1v) is 6.97. The number of aromatic nitrogens is 1. The Hall–Kier alpha value is -1.88. The summed E-state index contributed by atoms with van der Waals surface area (Å²) >= 11 is 1.62. The maximum Gasteiger partial charge on any atom is 0.257 e. The number of para-hydroxylation sites is 1. The predicted octanol–water partition coefficient (Wildman–Crippen LogP) is 2.19. The molecular weight excluding hydrogens is 260 g/mol. The molecule has 0 aliphatic rings. The summed E-state index contributed by atoms with van der Waals surface area (Å²) in [6.45, 7) is 2.64. The second-order valence-electron chi connectivity index (χ2n) is 4.06. The molecule has 0 radical (unpaired) electrons. The first-order chi connectivity index (χ1) is 9.25. The van der Waals surface area contributed by atoms with Gasteiger partial charge in [-0.3, -0.25) is 4.79 Å². The van der Waals surface area contributed by atoms with Crippen LogP contribution < -0.4 is 10.1 Å². The summed E-state index contributed by atoms with van der Waals surface area (Å²) in [6, 6.07) is 9.31. The standard InChI is InChI=1S/C14H16N2O2S/c1-11-13(19-10-16-11)7-8-15-14(17)9-18-12-5-3-2-4-6-12/h2-6,10H,7-9H2,1H3,(H,15,17). The zero-order chi connectivity index (χ0) is 13.5. The van der Waals surface area contributed by atoms with Gasteiger partial charge in [-0.25, -0.2) is 4.98 Å². The van der Waals surface area contributed by atoms with Crippen LogP contribution in [0.25, 0.3) is 0 Å². The third-order valence-electron chi connectivity index (χ3n) is 2.63. The van der Waals surface area contributed by atoms with E-state index >= 15 is 0 Å². The number of nitrogens with zero attached hydrogens (tertiary/aromatic N) is 1. The fraction of sp³-hybridized carbons (Fsp3) is 0.286. The van der Waals surface area contributed by atoms with Crippen molar-refractivity contribution in [1.29, 1.82) is 0 Å². The minimum absolute atomic E-state index is 0.0473. The van der Waals surface area contributed by atoms with Crippen LogP contribution in [0.2, 0.25) is 0 Å². The molecule has 100 valence electrons. The lowest BCUT2D eigenvalue weighted by Crippen LogP contribution is -2.30. The highest BCUT2D eigenvalue weighted by Crippen LogP contribution is 2.12. The van der Waals surface area contributed by atoms with Crippen LogP contribution in [-0.2, 0) is 11.2 Å². The molecule has 1 N–H and O–H groups in total. The maximum atomic E-state index is 11.6. The van der Waals surface area contributed by atoms with Crippen LogP contribution in [0.5, 0.6) is 5.75 Å². The van der Waals surface area contributed by atoms with Gasteiger partial charge < -0.3 is 10.1 Å². The van der Waals surface area contributed by atoms with Gasteiger partial charge in [-0.05, 0) is 19.1 Å². The Morgan fingerprint density at radius 1 is 1.37 bits per heavy atom. The Labute approximate surface area is 116 Å². The van der Waals surface area contributed by atoms with Gasteiger partial charge in [0.25, 0.3) is 5.91 Å². The van der Waals surface area contributed by atoms with Crippen molar-refractivity contribution in [1.82, 2.24) is 10.3 Å². The number of amides is 1. The Bertz CT molecular complexity index is 525. The van der Waals surface area contributed by atoms with E-state index in [1.165, 1.54) is 4.88 Å². The lowest BCUT2D eigenvalue weighted by molar-refractivity contribution is -0.123. The molecule has 0 fully saturated rings. The molecule has 1 amide bonds. The topological polar surface area (TPSA) is 51.2 Å². The quantitative estimate of drug-likeness (QED) is 0.880. The SMILES string of the molecule is Cc1ncsc1CCNC(=O)COc1ccccc1. The zero-order valence-corrected chi connectivity index (χ0v) is 11.6. The van der Waals surface area contributed by atoms with Crippen molar-refractivity contribution in [2.45, 2.75) is 13.3 Å².